The molecule has 0 amide bonds. The SMILES string of the molecule is N#CCc1ccc(Nc2nc(NN)ncc2F)cc1. The minimum Gasteiger partial charge on any atom is -0.338 e. The van der Waals surface area contributed by atoms with Gasteiger partial charge in [0.1, 0.15) is 0 Å². The number of benzene rings is 1. The molecule has 0 aliphatic carbocycles. The zero-order valence-corrected chi connectivity index (χ0v) is 9.89. The van der Waals surface area contributed by atoms with Crippen LogP contribution in [0.15, 0.2) is 30.5 Å². The third-order valence-electron chi connectivity index (χ3n) is 2.37. The summed E-state index contributed by atoms with van der Waals surface area (Å²) in [6.07, 6.45) is 1.36. The van der Waals surface area contributed by atoms with Gasteiger partial charge in [-0.2, -0.15) is 10.2 Å². The Morgan fingerprint density at radius 1 is 1.32 bits per heavy atom. The lowest BCUT2D eigenvalue weighted by molar-refractivity contribution is 0.619. The van der Waals surface area contributed by atoms with Crippen LogP contribution in [0, 0.1) is 17.1 Å². The van der Waals surface area contributed by atoms with Crippen LogP contribution in [0.2, 0.25) is 0 Å². The second-order valence-corrected chi connectivity index (χ2v) is 3.69. The highest BCUT2D eigenvalue weighted by atomic mass is 19.1. The van der Waals surface area contributed by atoms with Gasteiger partial charge in [-0.25, -0.2) is 15.2 Å². The van der Waals surface area contributed by atoms with Crippen LogP contribution in [-0.4, -0.2) is 9.97 Å². The molecule has 2 rings (SSSR count). The molecule has 1 heterocycles. The molecule has 0 saturated heterocycles. The van der Waals surface area contributed by atoms with E-state index in [4.69, 9.17) is 11.1 Å². The van der Waals surface area contributed by atoms with Crippen molar-refractivity contribution in [1.29, 1.82) is 5.26 Å². The molecule has 0 saturated carbocycles. The summed E-state index contributed by atoms with van der Waals surface area (Å²) in [6, 6.07) is 9.10. The zero-order valence-electron chi connectivity index (χ0n) is 9.89. The van der Waals surface area contributed by atoms with E-state index < -0.39 is 5.82 Å². The minimum absolute atomic E-state index is 0.0241. The van der Waals surface area contributed by atoms with Gasteiger partial charge >= 0.3 is 0 Å². The number of nitrogens with zero attached hydrogens (tertiary/aromatic N) is 3. The van der Waals surface area contributed by atoms with Crippen molar-refractivity contribution >= 4 is 17.5 Å². The summed E-state index contributed by atoms with van der Waals surface area (Å²) in [7, 11) is 0. The molecular weight excluding hydrogens is 247 g/mol. The molecule has 0 radical (unpaired) electrons. The number of nitriles is 1. The number of rotatable bonds is 4. The smallest absolute Gasteiger partial charge is 0.239 e. The van der Waals surface area contributed by atoms with Gasteiger partial charge in [0.25, 0.3) is 0 Å². The van der Waals surface area contributed by atoms with Crippen LogP contribution in [-0.2, 0) is 6.42 Å². The molecule has 0 unspecified atom stereocenters. The van der Waals surface area contributed by atoms with Crippen LogP contribution in [0.4, 0.5) is 21.8 Å². The maximum Gasteiger partial charge on any atom is 0.239 e. The van der Waals surface area contributed by atoms with Crippen molar-refractivity contribution in [1.82, 2.24) is 9.97 Å². The quantitative estimate of drug-likeness (QED) is 0.570. The summed E-state index contributed by atoms with van der Waals surface area (Å²) < 4.78 is 13.5. The van der Waals surface area contributed by atoms with Crippen LogP contribution in [0.1, 0.15) is 5.56 Å². The molecule has 0 atom stereocenters. The predicted molar refractivity (Wildman–Crippen MR) is 68.8 cm³/mol. The van der Waals surface area contributed by atoms with E-state index in [1.165, 1.54) is 0 Å². The van der Waals surface area contributed by atoms with Crippen molar-refractivity contribution in [3.63, 3.8) is 0 Å². The van der Waals surface area contributed by atoms with Crippen LogP contribution in [0.3, 0.4) is 0 Å². The van der Waals surface area contributed by atoms with Crippen LogP contribution in [0.5, 0.6) is 0 Å². The Labute approximate surface area is 109 Å². The number of hydrogen-bond acceptors (Lipinski definition) is 6. The number of aromatic nitrogens is 2. The van der Waals surface area contributed by atoms with Crippen molar-refractivity contribution in [2.75, 3.05) is 10.7 Å². The minimum atomic E-state index is -0.583. The first-order valence-electron chi connectivity index (χ1n) is 5.45. The molecule has 1 aromatic heterocycles. The molecule has 0 spiro atoms. The zero-order chi connectivity index (χ0) is 13.7. The average molecular weight is 258 g/mol. The van der Waals surface area contributed by atoms with Gasteiger partial charge in [-0.15, -0.1) is 0 Å². The molecule has 7 heteroatoms. The highest BCUT2D eigenvalue weighted by molar-refractivity contribution is 5.57. The molecule has 1 aromatic carbocycles. The van der Waals surface area contributed by atoms with Crippen LogP contribution in [0.25, 0.3) is 0 Å². The van der Waals surface area contributed by atoms with Crippen LogP contribution >= 0.6 is 0 Å². The van der Waals surface area contributed by atoms with E-state index in [0.717, 1.165) is 11.8 Å². The highest BCUT2D eigenvalue weighted by Crippen LogP contribution is 2.18. The van der Waals surface area contributed by atoms with Crippen molar-refractivity contribution in [2.24, 2.45) is 5.84 Å². The summed E-state index contributed by atoms with van der Waals surface area (Å²) in [5.41, 5.74) is 3.79. The van der Waals surface area contributed by atoms with Crippen molar-refractivity contribution in [2.45, 2.75) is 6.42 Å². The standard InChI is InChI=1S/C12H11FN6/c13-10-7-16-12(19-15)18-11(10)17-9-3-1-8(2-4-9)5-6-14/h1-4,7H,5,15H2,(H2,16,17,18,19). The Morgan fingerprint density at radius 3 is 2.68 bits per heavy atom. The summed E-state index contributed by atoms with van der Waals surface area (Å²) >= 11 is 0. The van der Waals surface area contributed by atoms with Crippen molar-refractivity contribution in [3.05, 3.63) is 41.8 Å². The fourth-order valence-electron chi connectivity index (χ4n) is 1.46. The van der Waals surface area contributed by atoms with Gasteiger partial charge in [-0.05, 0) is 17.7 Å². The van der Waals surface area contributed by atoms with E-state index in [-0.39, 0.29) is 11.8 Å². The van der Waals surface area contributed by atoms with E-state index in [9.17, 15) is 4.39 Å². The number of anilines is 3. The molecular formula is C12H11FN6. The molecule has 96 valence electrons. The Kier molecular flexibility index (Phi) is 3.85. The van der Waals surface area contributed by atoms with Gasteiger partial charge in [0.05, 0.1) is 18.7 Å². The lowest BCUT2D eigenvalue weighted by atomic mass is 10.1. The topological polar surface area (TPSA) is 99.7 Å². The summed E-state index contributed by atoms with van der Waals surface area (Å²) in [4.78, 5) is 7.50. The van der Waals surface area contributed by atoms with E-state index in [1.54, 1.807) is 24.3 Å². The number of halogens is 1. The largest absolute Gasteiger partial charge is 0.338 e. The molecule has 19 heavy (non-hydrogen) atoms. The highest BCUT2D eigenvalue weighted by Gasteiger charge is 2.06. The number of nitrogens with two attached hydrogens (primary N) is 1. The van der Waals surface area contributed by atoms with Gasteiger partial charge in [0.15, 0.2) is 11.6 Å². The third-order valence-corrected chi connectivity index (χ3v) is 2.37. The summed E-state index contributed by atoms with van der Waals surface area (Å²) in [6.45, 7) is 0. The average Bonchev–Trinajstić information content (AvgIpc) is 2.44. The van der Waals surface area contributed by atoms with E-state index >= 15 is 0 Å². The Bertz CT molecular complexity index is 605. The molecule has 6 nitrogen and oxygen atoms in total. The fourth-order valence-corrected chi connectivity index (χ4v) is 1.46. The number of hydrazine groups is 1. The lowest BCUT2D eigenvalue weighted by Gasteiger charge is -2.08. The second-order valence-electron chi connectivity index (χ2n) is 3.69. The first-order valence-corrected chi connectivity index (χ1v) is 5.45. The van der Waals surface area contributed by atoms with Gasteiger partial charge in [0.2, 0.25) is 5.95 Å². The molecule has 2 aromatic rings. The predicted octanol–water partition coefficient (Wildman–Crippen LogP) is 1.71. The van der Waals surface area contributed by atoms with Gasteiger partial charge in [-0.3, -0.25) is 5.43 Å². The number of nitrogen functional groups attached to an aromatic ring is 1. The summed E-state index contributed by atoms with van der Waals surface area (Å²) in [5, 5.41) is 11.4. The number of hydrogen-bond donors (Lipinski definition) is 3. The van der Waals surface area contributed by atoms with Crippen LogP contribution < -0.4 is 16.6 Å². The van der Waals surface area contributed by atoms with Gasteiger partial charge < -0.3 is 5.32 Å². The second kappa shape index (κ2) is 5.75. The fraction of sp³-hybridized carbons (Fsp3) is 0.0833. The molecule has 0 aliphatic rings. The Hall–Kier alpha value is -2.72. The normalized spacial score (nSPS) is 9.74. The van der Waals surface area contributed by atoms with E-state index in [2.05, 4.69) is 26.8 Å². The first-order chi connectivity index (χ1) is 9.22. The van der Waals surface area contributed by atoms with Gasteiger partial charge in [-0.1, -0.05) is 12.1 Å². The Balaban J connectivity index is 2.19. The first kappa shape index (κ1) is 12.7. The maximum atomic E-state index is 13.5. The molecule has 4 N–H and O–H groups in total. The molecule has 0 bridgehead atoms. The van der Waals surface area contributed by atoms with Gasteiger partial charge in [0, 0.05) is 5.69 Å². The maximum absolute atomic E-state index is 13.5. The van der Waals surface area contributed by atoms with Crippen molar-refractivity contribution < 1.29 is 4.39 Å². The Morgan fingerprint density at radius 2 is 2.05 bits per heavy atom. The third kappa shape index (κ3) is 3.14. The van der Waals surface area contributed by atoms with Crippen molar-refractivity contribution in [3.8, 4) is 6.07 Å². The molecule has 0 aliphatic heterocycles. The molecule has 0 fully saturated rings. The lowest BCUT2D eigenvalue weighted by Crippen LogP contribution is -2.11. The van der Waals surface area contributed by atoms with E-state index in [1.807, 2.05) is 0 Å². The number of nitrogens with one attached hydrogen (secondary N) is 2. The van der Waals surface area contributed by atoms with E-state index in [0.29, 0.717) is 12.1 Å². The monoisotopic (exact) mass is 258 g/mol. The summed E-state index contributed by atoms with van der Waals surface area (Å²) in [5.74, 6) is 4.72.